The standard InChI is InChI=1S/C10H22N2O2/c1-9(13)8-12-10(14)6-4-2-3-5-7-11/h9,13H,2-8,11H2,1H3,(H,12,14)/t9-/m1/s1. The fourth-order valence-electron chi connectivity index (χ4n) is 1.13. The average Bonchev–Trinajstić information content (AvgIpc) is 2.14. The number of aliphatic hydroxyl groups is 1. The van der Waals surface area contributed by atoms with Crippen molar-refractivity contribution in [1.82, 2.24) is 5.32 Å². The number of amides is 1. The fraction of sp³-hybridized carbons (Fsp3) is 0.900. The summed E-state index contributed by atoms with van der Waals surface area (Å²) in [6.45, 7) is 2.73. The summed E-state index contributed by atoms with van der Waals surface area (Å²) in [5.74, 6) is 0.0265. The van der Waals surface area contributed by atoms with Crippen molar-refractivity contribution in [3.05, 3.63) is 0 Å². The van der Waals surface area contributed by atoms with Crippen LogP contribution in [0.25, 0.3) is 0 Å². The zero-order valence-electron chi connectivity index (χ0n) is 8.96. The zero-order valence-corrected chi connectivity index (χ0v) is 8.96. The van der Waals surface area contributed by atoms with Gasteiger partial charge in [0.1, 0.15) is 0 Å². The van der Waals surface area contributed by atoms with Crippen molar-refractivity contribution in [2.75, 3.05) is 13.1 Å². The molecule has 0 fully saturated rings. The maximum absolute atomic E-state index is 11.1. The number of hydrogen-bond donors (Lipinski definition) is 3. The second-order valence-corrected chi connectivity index (χ2v) is 3.61. The summed E-state index contributed by atoms with van der Waals surface area (Å²) < 4.78 is 0. The number of rotatable bonds is 8. The summed E-state index contributed by atoms with van der Waals surface area (Å²) in [6, 6.07) is 0. The van der Waals surface area contributed by atoms with Crippen molar-refractivity contribution in [2.45, 2.75) is 45.1 Å². The van der Waals surface area contributed by atoms with Crippen LogP contribution >= 0.6 is 0 Å². The van der Waals surface area contributed by atoms with E-state index < -0.39 is 6.10 Å². The number of carbonyl (C=O) groups excluding carboxylic acids is 1. The second kappa shape index (κ2) is 8.97. The molecular formula is C10H22N2O2. The molecule has 0 saturated carbocycles. The molecule has 0 spiro atoms. The Bertz CT molecular complexity index is 149. The molecule has 4 N–H and O–H groups in total. The molecule has 84 valence electrons. The predicted octanol–water partition coefficient (Wildman–Crippen LogP) is 0.393. The highest BCUT2D eigenvalue weighted by molar-refractivity contribution is 5.75. The lowest BCUT2D eigenvalue weighted by molar-refractivity contribution is -0.121. The Hall–Kier alpha value is -0.610. The number of nitrogens with one attached hydrogen (secondary N) is 1. The van der Waals surface area contributed by atoms with Crippen LogP contribution in [-0.4, -0.2) is 30.2 Å². The molecule has 0 aliphatic rings. The first-order chi connectivity index (χ1) is 6.66. The summed E-state index contributed by atoms with van der Waals surface area (Å²) >= 11 is 0. The third-order valence-corrected chi connectivity index (χ3v) is 1.95. The highest BCUT2D eigenvalue weighted by Gasteiger charge is 2.01. The topological polar surface area (TPSA) is 75.3 Å². The SMILES string of the molecule is C[C@@H](O)CNC(=O)CCCCCCN. The van der Waals surface area contributed by atoms with Crippen molar-refractivity contribution < 1.29 is 9.90 Å². The maximum atomic E-state index is 11.1. The van der Waals surface area contributed by atoms with Crippen LogP contribution in [0.5, 0.6) is 0 Å². The average molecular weight is 202 g/mol. The lowest BCUT2D eigenvalue weighted by Crippen LogP contribution is -2.30. The molecule has 0 unspecified atom stereocenters. The van der Waals surface area contributed by atoms with E-state index >= 15 is 0 Å². The van der Waals surface area contributed by atoms with Gasteiger partial charge in [-0.1, -0.05) is 12.8 Å². The van der Waals surface area contributed by atoms with E-state index in [9.17, 15) is 4.79 Å². The molecule has 4 heteroatoms. The molecule has 0 rings (SSSR count). The minimum atomic E-state index is -0.462. The molecule has 0 aromatic rings. The van der Waals surface area contributed by atoms with Gasteiger partial charge < -0.3 is 16.2 Å². The van der Waals surface area contributed by atoms with Gasteiger partial charge >= 0.3 is 0 Å². The van der Waals surface area contributed by atoms with Gasteiger partial charge in [-0.2, -0.15) is 0 Å². The van der Waals surface area contributed by atoms with Crippen molar-refractivity contribution in [1.29, 1.82) is 0 Å². The van der Waals surface area contributed by atoms with Gasteiger partial charge in [0.2, 0.25) is 5.91 Å². The predicted molar refractivity (Wildman–Crippen MR) is 56.8 cm³/mol. The van der Waals surface area contributed by atoms with Crippen LogP contribution in [0.4, 0.5) is 0 Å². The first-order valence-electron chi connectivity index (χ1n) is 5.31. The van der Waals surface area contributed by atoms with Gasteiger partial charge in [0.05, 0.1) is 6.10 Å². The summed E-state index contributed by atoms with van der Waals surface area (Å²) in [6.07, 6.45) is 4.19. The fourth-order valence-corrected chi connectivity index (χ4v) is 1.13. The molecule has 14 heavy (non-hydrogen) atoms. The molecule has 1 amide bonds. The van der Waals surface area contributed by atoms with E-state index in [4.69, 9.17) is 10.8 Å². The monoisotopic (exact) mass is 202 g/mol. The minimum Gasteiger partial charge on any atom is -0.392 e. The van der Waals surface area contributed by atoms with Crippen molar-refractivity contribution in [3.8, 4) is 0 Å². The van der Waals surface area contributed by atoms with Gasteiger partial charge in [0.25, 0.3) is 0 Å². The number of carbonyl (C=O) groups is 1. The van der Waals surface area contributed by atoms with Gasteiger partial charge in [-0.25, -0.2) is 0 Å². The number of aliphatic hydroxyl groups excluding tert-OH is 1. The van der Waals surface area contributed by atoms with Crippen LogP contribution in [0.1, 0.15) is 39.0 Å². The van der Waals surface area contributed by atoms with Crippen LogP contribution in [-0.2, 0) is 4.79 Å². The molecule has 0 radical (unpaired) electrons. The van der Waals surface area contributed by atoms with Gasteiger partial charge in [0, 0.05) is 13.0 Å². The largest absolute Gasteiger partial charge is 0.392 e. The third-order valence-electron chi connectivity index (χ3n) is 1.95. The Kier molecular flexibility index (Phi) is 8.57. The van der Waals surface area contributed by atoms with Crippen LogP contribution in [0, 0.1) is 0 Å². The first kappa shape index (κ1) is 13.4. The highest BCUT2D eigenvalue weighted by Crippen LogP contribution is 2.01. The second-order valence-electron chi connectivity index (χ2n) is 3.61. The number of hydrogen-bond acceptors (Lipinski definition) is 3. The highest BCUT2D eigenvalue weighted by atomic mass is 16.3. The Morgan fingerprint density at radius 1 is 1.36 bits per heavy atom. The summed E-state index contributed by atoms with van der Waals surface area (Å²) in [5.41, 5.74) is 5.34. The van der Waals surface area contributed by atoms with Crippen LogP contribution < -0.4 is 11.1 Å². The summed E-state index contributed by atoms with van der Waals surface area (Å²) in [4.78, 5) is 11.1. The summed E-state index contributed by atoms with van der Waals surface area (Å²) in [5, 5.41) is 11.6. The molecule has 4 nitrogen and oxygen atoms in total. The smallest absolute Gasteiger partial charge is 0.220 e. The van der Waals surface area contributed by atoms with E-state index in [0.717, 1.165) is 32.2 Å². The van der Waals surface area contributed by atoms with E-state index in [1.165, 1.54) is 0 Å². The third kappa shape index (κ3) is 9.48. The maximum Gasteiger partial charge on any atom is 0.220 e. The van der Waals surface area contributed by atoms with Gasteiger partial charge in [-0.05, 0) is 26.3 Å². The Morgan fingerprint density at radius 2 is 2.00 bits per heavy atom. The normalized spacial score (nSPS) is 12.5. The van der Waals surface area contributed by atoms with Crippen molar-refractivity contribution >= 4 is 5.91 Å². The van der Waals surface area contributed by atoms with Crippen LogP contribution in [0.2, 0.25) is 0 Å². The molecule has 0 aromatic heterocycles. The van der Waals surface area contributed by atoms with E-state index in [-0.39, 0.29) is 5.91 Å². The summed E-state index contributed by atoms with van der Waals surface area (Å²) in [7, 11) is 0. The van der Waals surface area contributed by atoms with Crippen molar-refractivity contribution in [2.24, 2.45) is 5.73 Å². The molecule has 0 heterocycles. The zero-order chi connectivity index (χ0) is 10.8. The molecule has 1 atom stereocenters. The van der Waals surface area contributed by atoms with E-state index in [2.05, 4.69) is 5.32 Å². The lowest BCUT2D eigenvalue weighted by atomic mass is 10.1. The Morgan fingerprint density at radius 3 is 2.57 bits per heavy atom. The first-order valence-corrected chi connectivity index (χ1v) is 5.31. The molecule has 0 aliphatic carbocycles. The Balaban J connectivity index is 3.18. The molecule has 0 aromatic carbocycles. The van der Waals surface area contributed by atoms with Crippen molar-refractivity contribution in [3.63, 3.8) is 0 Å². The number of unbranched alkanes of at least 4 members (excludes halogenated alkanes) is 3. The number of nitrogens with two attached hydrogens (primary N) is 1. The van der Waals surface area contributed by atoms with Gasteiger partial charge in [-0.15, -0.1) is 0 Å². The van der Waals surface area contributed by atoms with Gasteiger partial charge in [0.15, 0.2) is 0 Å². The van der Waals surface area contributed by atoms with Gasteiger partial charge in [-0.3, -0.25) is 4.79 Å². The molecule has 0 aliphatic heterocycles. The van der Waals surface area contributed by atoms with Crippen LogP contribution in [0.3, 0.4) is 0 Å². The molecule has 0 saturated heterocycles. The van der Waals surface area contributed by atoms with Crippen LogP contribution in [0.15, 0.2) is 0 Å². The van der Waals surface area contributed by atoms with E-state index in [1.54, 1.807) is 6.92 Å². The lowest BCUT2D eigenvalue weighted by Gasteiger charge is -2.06. The quantitative estimate of drug-likeness (QED) is 0.498. The molecular weight excluding hydrogens is 180 g/mol. The Labute approximate surface area is 85.9 Å². The van der Waals surface area contributed by atoms with E-state index in [1.807, 2.05) is 0 Å². The minimum absolute atomic E-state index is 0.0265. The molecule has 0 bridgehead atoms. The van der Waals surface area contributed by atoms with E-state index in [0.29, 0.717) is 13.0 Å².